The zero-order valence-electron chi connectivity index (χ0n) is 17.8. The molecule has 0 aliphatic carbocycles. The average molecular weight is 431 g/mol. The van der Waals surface area contributed by atoms with Gasteiger partial charge in [-0.2, -0.15) is 0 Å². The van der Waals surface area contributed by atoms with E-state index in [1.165, 1.54) is 5.56 Å². The summed E-state index contributed by atoms with van der Waals surface area (Å²) in [6, 6.07) is 24.2. The summed E-state index contributed by atoms with van der Waals surface area (Å²) in [5, 5.41) is 4.10. The van der Waals surface area contributed by atoms with Crippen LogP contribution in [0.4, 0.5) is 0 Å². The van der Waals surface area contributed by atoms with E-state index in [4.69, 9.17) is 4.74 Å². The summed E-state index contributed by atoms with van der Waals surface area (Å²) in [6.45, 7) is 5.32. The molecule has 31 heavy (non-hydrogen) atoms. The quantitative estimate of drug-likeness (QED) is 0.343. The van der Waals surface area contributed by atoms with Gasteiger partial charge < -0.3 is 15.0 Å². The predicted octanol–water partition coefficient (Wildman–Crippen LogP) is 6.35. The Bertz CT molecular complexity index is 1160. The number of aryl methyl sites for hydroxylation is 1. The molecule has 0 unspecified atom stereocenters. The Morgan fingerprint density at radius 1 is 1.00 bits per heavy atom. The Labute approximate surface area is 187 Å². The topological polar surface area (TPSA) is 54.1 Å². The highest BCUT2D eigenvalue weighted by molar-refractivity contribution is 7.99. The molecule has 0 radical (unpaired) electrons. The zero-order chi connectivity index (χ0) is 21.6. The lowest BCUT2D eigenvalue weighted by Gasteiger charge is -2.09. The molecular weight excluding hydrogens is 404 g/mol. The molecule has 4 aromatic rings. The van der Waals surface area contributed by atoms with Gasteiger partial charge >= 0.3 is 0 Å². The SMILES string of the molecule is CCCOc1ccc(CNC(=O)c2[nH]c3ccccc3c2Sc2ccc(C)cc2)cc1. The third-order valence-corrected chi connectivity index (χ3v) is 6.11. The van der Waals surface area contributed by atoms with Gasteiger partial charge in [0, 0.05) is 22.3 Å². The number of aromatic amines is 1. The monoisotopic (exact) mass is 430 g/mol. The number of carbonyl (C=O) groups is 1. The number of aromatic nitrogens is 1. The summed E-state index contributed by atoms with van der Waals surface area (Å²) in [5.74, 6) is 0.737. The normalized spacial score (nSPS) is 10.9. The lowest BCUT2D eigenvalue weighted by Crippen LogP contribution is -2.23. The third kappa shape index (κ3) is 5.12. The largest absolute Gasteiger partial charge is 0.494 e. The lowest BCUT2D eigenvalue weighted by molar-refractivity contribution is 0.0944. The molecule has 1 aromatic heterocycles. The van der Waals surface area contributed by atoms with E-state index < -0.39 is 0 Å². The first-order chi connectivity index (χ1) is 15.1. The van der Waals surface area contributed by atoms with E-state index >= 15 is 0 Å². The number of carbonyl (C=O) groups excluding carboxylic acids is 1. The van der Waals surface area contributed by atoms with Crippen molar-refractivity contribution in [1.29, 1.82) is 0 Å². The van der Waals surface area contributed by atoms with Crippen molar-refractivity contribution in [2.75, 3.05) is 6.61 Å². The summed E-state index contributed by atoms with van der Waals surface area (Å²) in [6.07, 6.45) is 0.977. The van der Waals surface area contributed by atoms with E-state index in [9.17, 15) is 4.79 Å². The van der Waals surface area contributed by atoms with E-state index in [0.717, 1.165) is 38.4 Å². The summed E-state index contributed by atoms with van der Waals surface area (Å²) >= 11 is 1.61. The van der Waals surface area contributed by atoms with E-state index in [2.05, 4.69) is 48.4 Å². The van der Waals surface area contributed by atoms with E-state index in [-0.39, 0.29) is 5.91 Å². The molecule has 0 fully saturated rings. The van der Waals surface area contributed by atoms with Gasteiger partial charge in [0.15, 0.2) is 0 Å². The van der Waals surface area contributed by atoms with Crippen LogP contribution in [0.1, 0.15) is 35.0 Å². The zero-order valence-corrected chi connectivity index (χ0v) is 18.6. The number of benzene rings is 3. The Kier molecular flexibility index (Phi) is 6.63. The van der Waals surface area contributed by atoms with Crippen molar-refractivity contribution in [2.45, 2.75) is 36.6 Å². The summed E-state index contributed by atoms with van der Waals surface area (Å²) in [4.78, 5) is 18.4. The number of rotatable bonds is 8. The minimum absolute atomic E-state index is 0.114. The van der Waals surface area contributed by atoms with Gasteiger partial charge in [0.2, 0.25) is 0 Å². The molecule has 3 aromatic carbocycles. The molecule has 0 saturated carbocycles. The smallest absolute Gasteiger partial charge is 0.269 e. The average Bonchev–Trinajstić information content (AvgIpc) is 3.17. The molecule has 0 spiro atoms. The van der Waals surface area contributed by atoms with Gasteiger partial charge in [-0.15, -0.1) is 0 Å². The van der Waals surface area contributed by atoms with Crippen LogP contribution in [0, 0.1) is 6.92 Å². The molecule has 0 atom stereocenters. The first-order valence-electron chi connectivity index (χ1n) is 10.5. The second-order valence-corrected chi connectivity index (χ2v) is 8.55. The number of ether oxygens (including phenoxy) is 1. The van der Waals surface area contributed by atoms with Crippen LogP contribution in [-0.4, -0.2) is 17.5 Å². The number of hydrogen-bond acceptors (Lipinski definition) is 3. The molecule has 4 nitrogen and oxygen atoms in total. The van der Waals surface area contributed by atoms with Crippen LogP contribution in [0.25, 0.3) is 10.9 Å². The maximum Gasteiger partial charge on any atom is 0.269 e. The highest BCUT2D eigenvalue weighted by Gasteiger charge is 2.18. The van der Waals surface area contributed by atoms with Gasteiger partial charge in [-0.05, 0) is 49.2 Å². The fourth-order valence-electron chi connectivity index (χ4n) is 3.30. The number of para-hydroxylation sites is 1. The van der Waals surface area contributed by atoms with Gasteiger partial charge in [-0.25, -0.2) is 0 Å². The van der Waals surface area contributed by atoms with Crippen molar-refractivity contribution in [3.63, 3.8) is 0 Å². The van der Waals surface area contributed by atoms with Gasteiger partial charge in [0.05, 0.1) is 11.5 Å². The molecule has 1 amide bonds. The van der Waals surface area contributed by atoms with Crippen LogP contribution in [0.15, 0.2) is 82.6 Å². The Morgan fingerprint density at radius 2 is 1.74 bits per heavy atom. The fourth-order valence-corrected chi connectivity index (χ4v) is 4.34. The second-order valence-electron chi connectivity index (χ2n) is 7.46. The molecule has 0 bridgehead atoms. The molecule has 4 rings (SSSR count). The number of nitrogens with one attached hydrogen (secondary N) is 2. The molecule has 158 valence electrons. The van der Waals surface area contributed by atoms with Gasteiger partial charge in [-0.1, -0.05) is 66.7 Å². The highest BCUT2D eigenvalue weighted by Crippen LogP contribution is 2.36. The van der Waals surface area contributed by atoms with Crippen LogP contribution in [0.3, 0.4) is 0 Å². The molecule has 2 N–H and O–H groups in total. The van der Waals surface area contributed by atoms with E-state index in [0.29, 0.717) is 18.8 Å². The van der Waals surface area contributed by atoms with Gasteiger partial charge in [0.1, 0.15) is 11.4 Å². The summed E-state index contributed by atoms with van der Waals surface area (Å²) < 4.78 is 5.62. The van der Waals surface area contributed by atoms with Crippen LogP contribution >= 0.6 is 11.8 Å². The van der Waals surface area contributed by atoms with Crippen LogP contribution < -0.4 is 10.1 Å². The third-order valence-electron chi connectivity index (χ3n) is 4.98. The molecule has 5 heteroatoms. The first-order valence-corrected chi connectivity index (χ1v) is 11.3. The Morgan fingerprint density at radius 3 is 2.48 bits per heavy atom. The second kappa shape index (κ2) is 9.75. The Balaban J connectivity index is 1.52. The van der Waals surface area contributed by atoms with Gasteiger partial charge in [0.25, 0.3) is 5.91 Å². The highest BCUT2D eigenvalue weighted by atomic mass is 32.2. The lowest BCUT2D eigenvalue weighted by atomic mass is 10.2. The fraction of sp³-hybridized carbons (Fsp3) is 0.192. The number of fused-ring (bicyclic) bond motifs is 1. The molecule has 0 saturated heterocycles. The summed E-state index contributed by atoms with van der Waals surface area (Å²) in [5.41, 5.74) is 3.79. The van der Waals surface area contributed by atoms with E-state index in [1.807, 2.05) is 48.5 Å². The molecule has 1 heterocycles. The van der Waals surface area contributed by atoms with Crippen LogP contribution in [0.5, 0.6) is 5.75 Å². The first kappa shape index (κ1) is 21.1. The molecular formula is C26H26N2O2S. The van der Waals surface area contributed by atoms with Crippen molar-refractivity contribution in [3.8, 4) is 5.75 Å². The standard InChI is InChI=1S/C26H26N2O2S/c1-3-16-30-20-12-10-19(11-13-20)17-27-26(29)24-25(22-6-4-5-7-23(22)28-24)31-21-14-8-18(2)9-15-21/h4-15,28H,3,16-17H2,1-2H3,(H,27,29). The number of amides is 1. The van der Waals surface area contributed by atoms with Gasteiger partial charge in [-0.3, -0.25) is 4.79 Å². The van der Waals surface area contributed by atoms with Crippen molar-refractivity contribution in [2.24, 2.45) is 0 Å². The number of hydrogen-bond donors (Lipinski definition) is 2. The predicted molar refractivity (Wildman–Crippen MR) is 127 cm³/mol. The van der Waals surface area contributed by atoms with Crippen LogP contribution in [-0.2, 0) is 6.54 Å². The molecule has 0 aliphatic heterocycles. The molecule has 0 aliphatic rings. The van der Waals surface area contributed by atoms with Crippen molar-refractivity contribution in [1.82, 2.24) is 10.3 Å². The van der Waals surface area contributed by atoms with Crippen molar-refractivity contribution >= 4 is 28.6 Å². The maximum absolute atomic E-state index is 13.1. The van der Waals surface area contributed by atoms with Crippen molar-refractivity contribution in [3.05, 3.63) is 89.6 Å². The van der Waals surface area contributed by atoms with E-state index in [1.54, 1.807) is 11.8 Å². The number of H-pyrrole nitrogens is 1. The maximum atomic E-state index is 13.1. The summed E-state index contributed by atoms with van der Waals surface area (Å²) in [7, 11) is 0. The van der Waals surface area contributed by atoms with Crippen LogP contribution in [0.2, 0.25) is 0 Å². The minimum Gasteiger partial charge on any atom is -0.494 e. The van der Waals surface area contributed by atoms with Crippen molar-refractivity contribution < 1.29 is 9.53 Å². The Hall–Kier alpha value is -3.18. The minimum atomic E-state index is -0.114.